The third-order valence-electron chi connectivity index (χ3n) is 5.67. The van der Waals surface area contributed by atoms with E-state index in [4.69, 9.17) is 10.2 Å². The van der Waals surface area contributed by atoms with Crippen LogP contribution in [-0.2, 0) is 11.2 Å². The molecule has 0 radical (unpaired) electrons. The third kappa shape index (κ3) is 4.48. The Morgan fingerprint density at radius 3 is 2.61 bits per heavy atom. The molecule has 0 bridgehead atoms. The molecule has 5 rings (SSSR count). The minimum atomic E-state index is -0.551. The molecule has 0 aliphatic carbocycles. The second-order valence-electron chi connectivity index (χ2n) is 8.05. The van der Waals surface area contributed by atoms with Crippen molar-refractivity contribution in [2.24, 2.45) is 0 Å². The maximum Gasteiger partial charge on any atom is 0.259 e. The van der Waals surface area contributed by atoms with Gasteiger partial charge in [0.25, 0.3) is 5.78 Å². The Bertz CT molecular complexity index is 1230. The lowest BCUT2D eigenvalue weighted by Crippen LogP contribution is -2.52. The number of fused-ring (bicyclic) bond motifs is 1. The van der Waals surface area contributed by atoms with Crippen LogP contribution in [0.15, 0.2) is 53.1 Å². The molecule has 1 atom stereocenters. The summed E-state index contributed by atoms with van der Waals surface area (Å²) >= 11 is 0. The number of furan rings is 1. The Balaban J connectivity index is 1.43. The first-order valence-corrected chi connectivity index (χ1v) is 10.8. The lowest BCUT2D eigenvalue weighted by Gasteiger charge is -2.34. The molecule has 4 aromatic rings. The molecule has 1 fully saturated rings. The Morgan fingerprint density at radius 2 is 1.88 bits per heavy atom. The number of carbonyl (C=O) groups is 1. The number of likely N-dealkylation sites (N-methyl/N-ethyl adjacent to an activating group) is 1. The van der Waals surface area contributed by atoms with Crippen molar-refractivity contribution in [3.8, 4) is 11.6 Å². The van der Waals surface area contributed by atoms with Gasteiger partial charge in [0.05, 0.1) is 6.26 Å². The van der Waals surface area contributed by atoms with Crippen molar-refractivity contribution in [1.82, 2.24) is 34.4 Å². The summed E-state index contributed by atoms with van der Waals surface area (Å²) in [6.07, 6.45) is 2.03. The van der Waals surface area contributed by atoms with E-state index >= 15 is 0 Å². The van der Waals surface area contributed by atoms with Crippen molar-refractivity contribution >= 4 is 23.6 Å². The van der Waals surface area contributed by atoms with E-state index in [2.05, 4.69) is 37.3 Å². The molecule has 11 nitrogen and oxygen atoms in total. The van der Waals surface area contributed by atoms with Crippen molar-refractivity contribution in [3.63, 3.8) is 0 Å². The second kappa shape index (κ2) is 8.87. The van der Waals surface area contributed by atoms with Crippen molar-refractivity contribution in [2.75, 3.05) is 44.3 Å². The Hall–Kier alpha value is -3.99. The minimum absolute atomic E-state index is 0.00624. The Morgan fingerprint density at radius 1 is 1.09 bits per heavy atom. The molecule has 0 unspecified atom stereocenters. The molecule has 33 heavy (non-hydrogen) atoms. The van der Waals surface area contributed by atoms with E-state index in [1.165, 1.54) is 4.52 Å². The smallest absolute Gasteiger partial charge is 0.259 e. The number of benzene rings is 1. The van der Waals surface area contributed by atoms with Gasteiger partial charge in [-0.2, -0.15) is 19.5 Å². The maximum absolute atomic E-state index is 13.4. The number of anilines is 2. The number of nitrogens with one attached hydrogen (secondary N) is 1. The van der Waals surface area contributed by atoms with Gasteiger partial charge in [-0.1, -0.05) is 30.3 Å². The molecule has 170 valence electrons. The number of amides is 1. The van der Waals surface area contributed by atoms with Crippen molar-refractivity contribution in [2.45, 2.75) is 12.5 Å². The number of rotatable bonds is 6. The molecule has 0 saturated carbocycles. The van der Waals surface area contributed by atoms with Gasteiger partial charge in [0.15, 0.2) is 5.76 Å². The minimum Gasteiger partial charge on any atom is -0.461 e. The summed E-state index contributed by atoms with van der Waals surface area (Å²) in [6, 6.07) is 12.8. The van der Waals surface area contributed by atoms with Crippen LogP contribution in [0.25, 0.3) is 17.4 Å². The summed E-state index contributed by atoms with van der Waals surface area (Å²) < 4.78 is 6.70. The Kier molecular flexibility index (Phi) is 5.61. The van der Waals surface area contributed by atoms with E-state index in [1.54, 1.807) is 18.4 Å². The average Bonchev–Trinajstić information content (AvgIpc) is 3.50. The predicted molar refractivity (Wildman–Crippen MR) is 122 cm³/mol. The molecule has 1 saturated heterocycles. The van der Waals surface area contributed by atoms with Gasteiger partial charge in [-0.25, -0.2) is 0 Å². The fourth-order valence-electron chi connectivity index (χ4n) is 3.83. The number of hydrogen-bond donors (Lipinski definition) is 2. The summed E-state index contributed by atoms with van der Waals surface area (Å²) in [4.78, 5) is 30.7. The van der Waals surface area contributed by atoms with Crippen LogP contribution in [0.1, 0.15) is 5.56 Å². The molecular formula is C22H25N9O2. The van der Waals surface area contributed by atoms with Crippen molar-refractivity contribution in [1.29, 1.82) is 0 Å². The number of hydrogen-bond acceptors (Lipinski definition) is 9. The lowest BCUT2D eigenvalue weighted by molar-refractivity contribution is -0.133. The molecule has 3 aromatic heterocycles. The van der Waals surface area contributed by atoms with E-state index in [9.17, 15) is 4.79 Å². The van der Waals surface area contributed by atoms with Crippen LogP contribution in [0.5, 0.6) is 0 Å². The van der Waals surface area contributed by atoms with Gasteiger partial charge in [-0.05, 0) is 24.7 Å². The van der Waals surface area contributed by atoms with E-state index < -0.39 is 6.04 Å². The van der Waals surface area contributed by atoms with Crippen LogP contribution in [0.4, 0.5) is 11.9 Å². The van der Waals surface area contributed by atoms with Gasteiger partial charge in [0, 0.05) is 32.6 Å². The van der Waals surface area contributed by atoms with Crippen LogP contribution in [0.2, 0.25) is 0 Å². The van der Waals surface area contributed by atoms with Crippen LogP contribution < -0.4 is 11.1 Å². The molecule has 1 aliphatic rings. The number of nitrogens with two attached hydrogens (primary N) is 1. The van der Waals surface area contributed by atoms with Crippen LogP contribution in [-0.4, -0.2) is 79.5 Å². The first-order chi connectivity index (χ1) is 16.1. The zero-order valence-corrected chi connectivity index (χ0v) is 18.3. The molecule has 3 N–H and O–H groups in total. The van der Waals surface area contributed by atoms with E-state index in [0.29, 0.717) is 31.1 Å². The number of carbonyl (C=O) groups excluding carboxylic acids is 1. The first kappa shape index (κ1) is 20.9. The lowest BCUT2D eigenvalue weighted by atomic mass is 10.0. The highest BCUT2D eigenvalue weighted by Gasteiger charge is 2.28. The monoisotopic (exact) mass is 447 g/mol. The van der Waals surface area contributed by atoms with Gasteiger partial charge in [0.2, 0.25) is 23.6 Å². The summed E-state index contributed by atoms with van der Waals surface area (Å²) in [5.41, 5.74) is 7.16. The fourth-order valence-corrected chi connectivity index (χ4v) is 3.83. The van der Waals surface area contributed by atoms with Gasteiger partial charge < -0.3 is 25.3 Å². The molecule has 1 amide bonds. The Labute approximate surface area is 190 Å². The summed E-state index contributed by atoms with van der Waals surface area (Å²) in [7, 11) is 2.06. The maximum atomic E-state index is 13.4. The number of nitrogens with zero attached hydrogens (tertiary/aromatic N) is 7. The quantitative estimate of drug-likeness (QED) is 0.447. The van der Waals surface area contributed by atoms with E-state index in [1.807, 2.05) is 35.2 Å². The standard InChI is InChI=1S/C22H25N9O2/c1-29-9-11-30(12-10-29)19(32)16(14-15-6-3-2-4-7-15)24-21-26-20(23)31-22(27-21)25-18(28-31)17-8-5-13-33-17/h2-8,13,16H,9-12,14H2,1H3,(H3,23,24,25,26,27,28)/t16-/m0/s1. The first-order valence-electron chi connectivity index (χ1n) is 10.8. The number of aromatic nitrogens is 5. The van der Waals surface area contributed by atoms with Gasteiger partial charge in [-0.3, -0.25) is 4.79 Å². The zero-order chi connectivity index (χ0) is 22.8. The molecule has 1 aliphatic heterocycles. The van der Waals surface area contributed by atoms with E-state index in [0.717, 1.165) is 18.7 Å². The highest BCUT2D eigenvalue weighted by atomic mass is 16.3. The molecule has 1 aromatic carbocycles. The topological polar surface area (TPSA) is 131 Å². The van der Waals surface area contributed by atoms with E-state index in [-0.39, 0.29) is 23.6 Å². The summed E-state index contributed by atoms with van der Waals surface area (Å²) in [5, 5.41) is 7.51. The second-order valence-corrected chi connectivity index (χ2v) is 8.05. The van der Waals surface area contributed by atoms with Gasteiger partial charge in [-0.15, -0.1) is 5.10 Å². The molecule has 11 heteroatoms. The van der Waals surface area contributed by atoms with Crippen LogP contribution in [0.3, 0.4) is 0 Å². The average molecular weight is 448 g/mol. The molecular weight excluding hydrogens is 422 g/mol. The fraction of sp³-hybridized carbons (Fsp3) is 0.318. The van der Waals surface area contributed by atoms with Gasteiger partial charge >= 0.3 is 0 Å². The number of nitrogen functional groups attached to an aromatic ring is 1. The third-order valence-corrected chi connectivity index (χ3v) is 5.67. The van der Waals surface area contributed by atoms with Crippen molar-refractivity contribution in [3.05, 3.63) is 54.3 Å². The molecule has 0 spiro atoms. The summed E-state index contributed by atoms with van der Waals surface area (Å²) in [6.45, 7) is 3.05. The van der Waals surface area contributed by atoms with Crippen molar-refractivity contribution < 1.29 is 9.21 Å². The predicted octanol–water partition coefficient (Wildman–Crippen LogP) is 1.16. The SMILES string of the molecule is CN1CCN(C(=O)[C@H](Cc2ccccc2)Nc2nc(N)n3nc(-c4ccco4)nc3n2)CC1. The van der Waals surface area contributed by atoms with Crippen LogP contribution >= 0.6 is 0 Å². The van der Waals surface area contributed by atoms with Gasteiger partial charge in [0.1, 0.15) is 6.04 Å². The molecule has 4 heterocycles. The zero-order valence-electron chi connectivity index (χ0n) is 18.3. The summed E-state index contributed by atoms with van der Waals surface area (Å²) in [5.74, 6) is 1.46. The highest BCUT2D eigenvalue weighted by Crippen LogP contribution is 2.19. The normalized spacial score (nSPS) is 15.6. The largest absolute Gasteiger partial charge is 0.461 e. The highest BCUT2D eigenvalue weighted by molar-refractivity contribution is 5.85. The van der Waals surface area contributed by atoms with Crippen LogP contribution in [0, 0.1) is 0 Å². The number of piperazine rings is 1.